The molecular weight excluding hydrogens is 392 g/mol. The van der Waals surface area contributed by atoms with Crippen molar-refractivity contribution in [3.05, 3.63) is 40.2 Å². The zero-order valence-electron chi connectivity index (χ0n) is 17.1. The van der Waals surface area contributed by atoms with Crippen LogP contribution in [-0.4, -0.2) is 40.0 Å². The predicted molar refractivity (Wildman–Crippen MR) is 107 cm³/mol. The van der Waals surface area contributed by atoms with Crippen molar-refractivity contribution in [2.75, 3.05) is 6.54 Å². The minimum Gasteiger partial charge on any atom is -0.508 e. The molecule has 0 bridgehead atoms. The number of hydrogen-bond acceptors (Lipinski definition) is 7. The molecule has 1 aliphatic rings. The molecule has 0 unspecified atom stereocenters. The van der Waals surface area contributed by atoms with Gasteiger partial charge in [-0.15, -0.1) is 0 Å². The molecule has 2 heterocycles. The van der Waals surface area contributed by atoms with Crippen molar-refractivity contribution in [3.8, 4) is 5.75 Å². The lowest BCUT2D eigenvalue weighted by molar-refractivity contribution is -0.148. The summed E-state index contributed by atoms with van der Waals surface area (Å²) in [6.45, 7) is 4.91. The number of esters is 1. The maximum Gasteiger partial charge on any atom is 0.336 e. The van der Waals surface area contributed by atoms with Crippen LogP contribution in [0, 0.1) is 5.92 Å². The zero-order chi connectivity index (χ0) is 22.1. The highest BCUT2D eigenvalue weighted by Crippen LogP contribution is 2.25. The molecule has 0 saturated carbocycles. The Morgan fingerprint density at radius 2 is 2.00 bits per heavy atom. The largest absolute Gasteiger partial charge is 0.508 e. The number of fused-ring (bicyclic) bond motifs is 1. The average Bonchev–Trinajstić information content (AvgIpc) is 2.87. The summed E-state index contributed by atoms with van der Waals surface area (Å²) >= 11 is 0. The highest BCUT2D eigenvalue weighted by Gasteiger charge is 2.48. The molecule has 1 atom stereocenters. The minimum atomic E-state index is -1.04. The van der Waals surface area contributed by atoms with Crippen LogP contribution in [0.1, 0.15) is 39.2 Å². The molecule has 0 radical (unpaired) electrons. The quantitative estimate of drug-likeness (QED) is 0.403. The average molecular weight is 416 g/mol. The third-order valence-electron chi connectivity index (χ3n) is 5.06. The Morgan fingerprint density at radius 3 is 2.70 bits per heavy atom. The van der Waals surface area contributed by atoms with Crippen LogP contribution in [0.2, 0.25) is 0 Å². The number of nitrogens with one attached hydrogen (secondary N) is 1. The molecule has 1 fully saturated rings. The molecular formula is C21H24N2O7. The second-order valence-electron chi connectivity index (χ2n) is 8.02. The van der Waals surface area contributed by atoms with Crippen LogP contribution < -0.4 is 10.9 Å². The summed E-state index contributed by atoms with van der Waals surface area (Å²) in [7, 11) is 0. The van der Waals surface area contributed by atoms with Gasteiger partial charge in [-0.25, -0.2) is 9.59 Å². The lowest BCUT2D eigenvalue weighted by Crippen LogP contribution is -2.44. The maximum absolute atomic E-state index is 12.7. The molecule has 160 valence electrons. The van der Waals surface area contributed by atoms with Gasteiger partial charge in [0.15, 0.2) is 0 Å². The first-order chi connectivity index (χ1) is 14.1. The number of amides is 3. The van der Waals surface area contributed by atoms with Crippen molar-refractivity contribution in [1.82, 2.24) is 10.2 Å². The highest BCUT2D eigenvalue weighted by atomic mass is 16.5. The first-order valence-corrected chi connectivity index (χ1v) is 9.64. The van der Waals surface area contributed by atoms with Gasteiger partial charge in [-0.2, -0.15) is 0 Å². The van der Waals surface area contributed by atoms with Crippen LogP contribution in [0.25, 0.3) is 11.0 Å². The lowest BCUT2D eigenvalue weighted by Gasteiger charge is -2.22. The Labute approximate surface area is 172 Å². The fourth-order valence-corrected chi connectivity index (χ4v) is 3.31. The second-order valence-corrected chi connectivity index (χ2v) is 8.02. The van der Waals surface area contributed by atoms with Crippen molar-refractivity contribution in [2.24, 2.45) is 5.92 Å². The SMILES string of the molecule is CC(C)CC[C@]1(C)NC(=O)N(CC(=O)OCc2cc(=O)oc3cc(O)ccc23)C1=O. The molecule has 2 N–H and O–H groups in total. The van der Waals surface area contributed by atoms with Gasteiger partial charge in [0, 0.05) is 23.1 Å². The van der Waals surface area contributed by atoms with E-state index in [2.05, 4.69) is 5.32 Å². The number of benzene rings is 1. The van der Waals surface area contributed by atoms with E-state index < -0.39 is 35.6 Å². The number of nitrogens with zero attached hydrogens (tertiary/aromatic N) is 1. The number of carbonyl (C=O) groups is 3. The van der Waals surface area contributed by atoms with Gasteiger partial charge in [0.1, 0.15) is 30.0 Å². The van der Waals surface area contributed by atoms with E-state index >= 15 is 0 Å². The number of carbonyl (C=O) groups excluding carboxylic acids is 3. The van der Waals surface area contributed by atoms with E-state index in [4.69, 9.17) is 9.15 Å². The van der Waals surface area contributed by atoms with E-state index in [0.29, 0.717) is 23.3 Å². The first-order valence-electron chi connectivity index (χ1n) is 9.64. The number of hydrogen-bond donors (Lipinski definition) is 2. The van der Waals surface area contributed by atoms with Crippen molar-refractivity contribution < 1.29 is 28.6 Å². The summed E-state index contributed by atoms with van der Waals surface area (Å²) in [6.07, 6.45) is 1.22. The van der Waals surface area contributed by atoms with Gasteiger partial charge in [-0.1, -0.05) is 13.8 Å². The molecule has 0 spiro atoms. The molecule has 1 aromatic carbocycles. The molecule has 1 saturated heterocycles. The van der Waals surface area contributed by atoms with E-state index in [1.807, 2.05) is 13.8 Å². The van der Waals surface area contributed by atoms with Crippen LogP contribution in [0.4, 0.5) is 4.79 Å². The molecule has 1 aromatic heterocycles. The Balaban J connectivity index is 1.67. The van der Waals surface area contributed by atoms with Crippen molar-refractivity contribution in [2.45, 2.75) is 45.8 Å². The van der Waals surface area contributed by atoms with Gasteiger partial charge in [-0.05, 0) is 37.8 Å². The fourth-order valence-electron chi connectivity index (χ4n) is 3.31. The van der Waals surface area contributed by atoms with E-state index in [9.17, 15) is 24.3 Å². The number of rotatable bonds is 7. The monoisotopic (exact) mass is 416 g/mol. The number of aromatic hydroxyl groups is 1. The molecule has 3 amide bonds. The maximum atomic E-state index is 12.7. The summed E-state index contributed by atoms with van der Waals surface area (Å²) in [4.78, 5) is 49.7. The van der Waals surface area contributed by atoms with Crippen molar-refractivity contribution in [1.29, 1.82) is 0 Å². The van der Waals surface area contributed by atoms with Gasteiger partial charge in [0.2, 0.25) is 0 Å². The Hall–Kier alpha value is -3.36. The highest BCUT2D eigenvalue weighted by molar-refractivity contribution is 6.08. The normalized spacial score (nSPS) is 18.9. The van der Waals surface area contributed by atoms with E-state index in [1.165, 1.54) is 24.3 Å². The summed E-state index contributed by atoms with van der Waals surface area (Å²) < 4.78 is 10.2. The molecule has 2 aromatic rings. The van der Waals surface area contributed by atoms with Crippen LogP contribution in [0.3, 0.4) is 0 Å². The summed E-state index contributed by atoms with van der Waals surface area (Å²) in [5.74, 6) is -0.956. The third-order valence-corrected chi connectivity index (χ3v) is 5.06. The first kappa shape index (κ1) is 21.4. The smallest absolute Gasteiger partial charge is 0.336 e. The lowest BCUT2D eigenvalue weighted by atomic mass is 9.92. The minimum absolute atomic E-state index is 0.0705. The Kier molecular flexibility index (Phi) is 5.82. The number of phenolic OH excluding ortho intramolecular Hbond substituents is 1. The number of ether oxygens (including phenoxy) is 1. The topological polar surface area (TPSA) is 126 Å². The number of phenols is 1. The van der Waals surface area contributed by atoms with Gasteiger partial charge in [0.25, 0.3) is 5.91 Å². The Bertz CT molecular complexity index is 1060. The zero-order valence-corrected chi connectivity index (χ0v) is 17.1. The van der Waals surface area contributed by atoms with Gasteiger partial charge in [0.05, 0.1) is 0 Å². The second kappa shape index (κ2) is 8.17. The number of urea groups is 1. The van der Waals surface area contributed by atoms with Gasteiger partial charge in [-0.3, -0.25) is 14.5 Å². The molecule has 9 heteroatoms. The van der Waals surface area contributed by atoms with Crippen molar-refractivity contribution >= 4 is 28.9 Å². The van der Waals surface area contributed by atoms with Crippen LogP contribution in [0.15, 0.2) is 33.5 Å². The van der Waals surface area contributed by atoms with Crippen LogP contribution >= 0.6 is 0 Å². The predicted octanol–water partition coefficient (Wildman–Crippen LogP) is 2.29. The van der Waals surface area contributed by atoms with E-state index in [0.717, 1.165) is 11.3 Å². The van der Waals surface area contributed by atoms with E-state index in [1.54, 1.807) is 6.92 Å². The summed E-state index contributed by atoms with van der Waals surface area (Å²) in [5.41, 5.74) is -1.16. The standard InChI is InChI=1S/C21H24N2O7/c1-12(2)6-7-21(3)19(27)23(20(28)22-21)10-18(26)29-11-13-8-17(25)30-16-9-14(24)4-5-15(13)16/h4-5,8-9,12,24H,6-7,10-11H2,1-3H3,(H,22,28)/t21-/m0/s1. The number of imide groups is 1. The Morgan fingerprint density at radius 1 is 1.27 bits per heavy atom. The fraction of sp³-hybridized carbons (Fsp3) is 0.429. The molecule has 3 rings (SSSR count). The molecule has 0 aliphatic carbocycles. The van der Waals surface area contributed by atoms with Gasteiger partial charge >= 0.3 is 17.6 Å². The molecule has 30 heavy (non-hydrogen) atoms. The van der Waals surface area contributed by atoms with Crippen LogP contribution in [0.5, 0.6) is 5.75 Å². The molecule has 9 nitrogen and oxygen atoms in total. The van der Waals surface area contributed by atoms with Crippen molar-refractivity contribution in [3.63, 3.8) is 0 Å². The van der Waals surface area contributed by atoms with Crippen LogP contribution in [-0.2, 0) is 20.9 Å². The van der Waals surface area contributed by atoms with E-state index in [-0.39, 0.29) is 17.9 Å². The van der Waals surface area contributed by atoms with Gasteiger partial charge < -0.3 is 19.6 Å². The summed E-state index contributed by atoms with van der Waals surface area (Å²) in [6, 6.07) is 4.79. The molecule has 1 aliphatic heterocycles. The third kappa shape index (κ3) is 4.45. The summed E-state index contributed by atoms with van der Waals surface area (Å²) in [5, 5.41) is 12.7.